The second-order valence-corrected chi connectivity index (χ2v) is 10.3. The molecule has 206 valence electrons. The molecule has 38 heavy (non-hydrogen) atoms. The number of nitrogens with two attached hydrogens (primary N) is 1. The van der Waals surface area contributed by atoms with E-state index in [1.54, 1.807) is 18.4 Å². The van der Waals surface area contributed by atoms with Crippen molar-refractivity contribution in [1.29, 1.82) is 0 Å². The van der Waals surface area contributed by atoms with Gasteiger partial charge in [0.25, 0.3) is 11.8 Å². The van der Waals surface area contributed by atoms with Gasteiger partial charge in [-0.25, -0.2) is 14.6 Å². The van der Waals surface area contributed by atoms with Crippen LogP contribution in [-0.4, -0.2) is 89.3 Å². The highest BCUT2D eigenvalue weighted by molar-refractivity contribution is 8.00. The molecule has 1 aromatic heterocycles. The zero-order chi connectivity index (χ0) is 28.0. The van der Waals surface area contributed by atoms with Crippen molar-refractivity contribution in [3.8, 4) is 0 Å². The average Bonchev–Trinajstić information content (AvgIpc) is 3.33. The van der Waals surface area contributed by atoms with Crippen molar-refractivity contribution in [1.82, 2.24) is 20.1 Å². The second kappa shape index (κ2) is 12.8. The van der Waals surface area contributed by atoms with E-state index in [-0.39, 0.29) is 30.1 Å². The number of carbonyl (C=O) groups is 5. The normalized spacial score (nSPS) is 18.8. The van der Waals surface area contributed by atoms with Crippen LogP contribution in [0.4, 0.5) is 9.93 Å². The lowest BCUT2D eigenvalue weighted by Gasteiger charge is -2.49. The molecule has 1 saturated heterocycles. The monoisotopic (exact) mass is 567 g/mol. The number of aromatic nitrogens is 1. The maximum atomic E-state index is 13.2. The van der Waals surface area contributed by atoms with E-state index in [4.69, 9.17) is 19.9 Å². The van der Waals surface area contributed by atoms with Crippen molar-refractivity contribution in [2.45, 2.75) is 38.1 Å². The number of amides is 3. The lowest BCUT2D eigenvalue weighted by atomic mass is 10.0. The molecule has 15 heteroatoms. The molecular formula is C23H29N5O8S2. The molecule has 3 N–H and O–H groups in total. The molecule has 1 fully saturated rings. The van der Waals surface area contributed by atoms with Gasteiger partial charge in [-0.1, -0.05) is 19.9 Å². The molecule has 0 saturated carbocycles. The predicted molar refractivity (Wildman–Crippen MR) is 139 cm³/mol. The Bertz CT molecular complexity index is 1180. The summed E-state index contributed by atoms with van der Waals surface area (Å²) in [5.74, 6) is -2.30. The lowest BCUT2D eigenvalue weighted by Crippen LogP contribution is -2.70. The number of rotatable bonds is 10. The molecule has 1 aromatic rings. The summed E-state index contributed by atoms with van der Waals surface area (Å²) in [6.07, 6.45) is 1.71. The third kappa shape index (κ3) is 6.45. The summed E-state index contributed by atoms with van der Waals surface area (Å²) in [5.41, 5.74) is 6.64. The number of esters is 2. The summed E-state index contributed by atoms with van der Waals surface area (Å²) in [6, 6.07) is -0.921. The van der Waals surface area contributed by atoms with E-state index >= 15 is 0 Å². The van der Waals surface area contributed by atoms with E-state index < -0.39 is 48.1 Å². The van der Waals surface area contributed by atoms with Gasteiger partial charge in [0.1, 0.15) is 23.7 Å². The van der Waals surface area contributed by atoms with Gasteiger partial charge in [0, 0.05) is 37.2 Å². The van der Waals surface area contributed by atoms with E-state index in [0.717, 1.165) is 0 Å². The largest absolute Gasteiger partial charge is 0.445 e. The number of carbonyl (C=O) groups excluding carboxylic acids is 5. The van der Waals surface area contributed by atoms with E-state index in [1.807, 2.05) is 6.92 Å². The van der Waals surface area contributed by atoms with Crippen LogP contribution in [0, 0.1) is 0 Å². The number of hydrogen-bond donors (Lipinski definition) is 2. The number of ether oxygens (including phenoxy) is 3. The van der Waals surface area contributed by atoms with E-state index in [0.29, 0.717) is 22.8 Å². The molecule has 3 rings (SSSR count). The maximum absolute atomic E-state index is 13.2. The molecule has 2 atom stereocenters. The summed E-state index contributed by atoms with van der Waals surface area (Å²) >= 11 is 2.49. The Morgan fingerprint density at radius 1 is 1.24 bits per heavy atom. The Morgan fingerprint density at radius 2 is 1.97 bits per heavy atom. The minimum absolute atomic E-state index is 0.0959. The molecule has 3 amide bonds. The predicted octanol–water partition coefficient (Wildman–Crippen LogP) is 1.32. The topological polar surface area (TPSA) is 170 Å². The molecule has 2 aliphatic rings. The number of nitrogen functional groups attached to an aromatic ring is 1. The molecule has 3 heterocycles. The van der Waals surface area contributed by atoms with E-state index in [2.05, 4.69) is 10.3 Å². The summed E-state index contributed by atoms with van der Waals surface area (Å²) in [5, 5.41) is 4.09. The van der Waals surface area contributed by atoms with Crippen LogP contribution in [0.3, 0.4) is 0 Å². The Hall–Kier alpha value is -3.59. The standard InChI is InChI=1S/C23H29N5O8S2/c1-5-7-13(14-10-38-22(24)25-14)18(30)26-16-19(31)28-17(21(32)36-11-35-15(29)6-2)12(9-37-20(16)28)8-34-23(33)27(3)4/h7,10,16,20H,5-6,8-9,11H2,1-4H3,(H2,24,25)(H,26,30)/b13-7+/t16-,20+/m1/s1. The van der Waals surface area contributed by atoms with Gasteiger partial charge in [0.2, 0.25) is 6.79 Å². The number of allylic oxidation sites excluding steroid dienone is 1. The number of fused-ring (bicyclic) bond motifs is 1. The second-order valence-electron chi connectivity index (χ2n) is 8.28. The Kier molecular flexibility index (Phi) is 9.74. The molecule has 0 aliphatic carbocycles. The number of nitrogens with one attached hydrogen (secondary N) is 1. The fourth-order valence-electron chi connectivity index (χ4n) is 3.53. The Balaban J connectivity index is 1.79. The van der Waals surface area contributed by atoms with E-state index in [1.165, 1.54) is 47.0 Å². The zero-order valence-corrected chi connectivity index (χ0v) is 23.0. The number of thioether (sulfide) groups is 1. The molecule has 0 bridgehead atoms. The number of thiazole rings is 1. The van der Waals surface area contributed by atoms with Gasteiger partial charge in [-0.3, -0.25) is 19.3 Å². The highest BCUT2D eigenvalue weighted by atomic mass is 32.2. The third-order valence-corrected chi connectivity index (χ3v) is 7.43. The average molecular weight is 568 g/mol. The van der Waals surface area contributed by atoms with Crippen molar-refractivity contribution < 1.29 is 38.2 Å². The first kappa shape index (κ1) is 29.0. The van der Waals surface area contributed by atoms with Gasteiger partial charge in [0.05, 0.1) is 11.3 Å². The van der Waals surface area contributed by atoms with E-state index in [9.17, 15) is 24.0 Å². The zero-order valence-electron chi connectivity index (χ0n) is 21.3. The van der Waals surface area contributed by atoms with Crippen molar-refractivity contribution in [2.24, 2.45) is 0 Å². The summed E-state index contributed by atoms with van der Waals surface area (Å²) in [6.45, 7) is 2.55. The fraction of sp³-hybridized carbons (Fsp3) is 0.478. The van der Waals surface area contributed by atoms with Gasteiger partial charge in [-0.05, 0) is 6.42 Å². The van der Waals surface area contributed by atoms with Gasteiger partial charge >= 0.3 is 18.0 Å². The SMILES string of the molecule is CC/C=C(/C(=O)N[C@@H]1C(=O)N2C(C(=O)OCOC(=O)CC)=C(COC(=O)N(C)C)CS[C@@H]12)c1csc(N)n1. The van der Waals surface area contributed by atoms with Crippen molar-refractivity contribution in [3.63, 3.8) is 0 Å². The van der Waals surface area contributed by atoms with Crippen molar-refractivity contribution in [2.75, 3.05) is 39.0 Å². The summed E-state index contributed by atoms with van der Waals surface area (Å²) in [7, 11) is 3.01. The highest BCUT2D eigenvalue weighted by Gasteiger charge is 2.54. The van der Waals surface area contributed by atoms with Gasteiger partial charge in [0.15, 0.2) is 5.13 Å². The van der Waals surface area contributed by atoms with Crippen LogP contribution in [-0.2, 0) is 33.4 Å². The number of hydrogen-bond acceptors (Lipinski definition) is 12. The van der Waals surface area contributed by atoms with Crippen LogP contribution < -0.4 is 11.1 Å². The molecular weight excluding hydrogens is 538 g/mol. The van der Waals surface area contributed by atoms with Gasteiger partial charge < -0.3 is 30.2 Å². The number of anilines is 1. The Morgan fingerprint density at radius 3 is 2.58 bits per heavy atom. The first-order valence-corrected chi connectivity index (χ1v) is 13.6. The molecule has 0 unspecified atom stereocenters. The molecule has 0 spiro atoms. The fourth-order valence-corrected chi connectivity index (χ4v) is 5.42. The molecule has 2 aliphatic heterocycles. The first-order chi connectivity index (χ1) is 18.1. The van der Waals surface area contributed by atoms with Gasteiger partial charge in [-0.2, -0.15) is 0 Å². The van der Waals surface area contributed by atoms with Crippen LogP contribution in [0.2, 0.25) is 0 Å². The smallest absolute Gasteiger partial charge is 0.409 e. The highest BCUT2D eigenvalue weighted by Crippen LogP contribution is 2.41. The number of β-lactam (4-membered cyclic amide) rings is 1. The maximum Gasteiger partial charge on any atom is 0.409 e. The van der Waals surface area contributed by atoms with Gasteiger partial charge in [-0.15, -0.1) is 23.1 Å². The van der Waals surface area contributed by atoms with Crippen LogP contribution in [0.5, 0.6) is 0 Å². The van der Waals surface area contributed by atoms with Crippen LogP contribution in [0.1, 0.15) is 32.4 Å². The molecule has 0 aromatic carbocycles. The number of nitrogens with zero attached hydrogens (tertiary/aromatic N) is 3. The first-order valence-electron chi connectivity index (χ1n) is 11.6. The van der Waals surface area contributed by atoms with Crippen LogP contribution in [0.15, 0.2) is 22.7 Å². The van der Waals surface area contributed by atoms with Crippen molar-refractivity contribution in [3.05, 3.63) is 28.4 Å². The summed E-state index contributed by atoms with van der Waals surface area (Å²) < 4.78 is 15.1. The molecule has 0 radical (unpaired) electrons. The minimum atomic E-state index is -0.921. The van der Waals surface area contributed by atoms with Crippen LogP contribution >= 0.6 is 23.1 Å². The minimum Gasteiger partial charge on any atom is -0.445 e. The Labute approximate surface area is 227 Å². The summed E-state index contributed by atoms with van der Waals surface area (Å²) in [4.78, 5) is 69.1. The van der Waals surface area contributed by atoms with Crippen molar-refractivity contribution >= 4 is 63.6 Å². The third-order valence-electron chi connectivity index (χ3n) is 5.41. The van der Waals surface area contributed by atoms with Crippen LogP contribution in [0.25, 0.3) is 5.57 Å². The lowest BCUT2D eigenvalue weighted by molar-refractivity contribution is -0.167. The quantitative estimate of drug-likeness (QED) is 0.181. The molecule has 13 nitrogen and oxygen atoms in total.